The first-order valence-corrected chi connectivity index (χ1v) is 4.92. The summed E-state index contributed by atoms with van der Waals surface area (Å²) in [5.74, 6) is -0.0273. The van der Waals surface area contributed by atoms with E-state index in [1.165, 1.54) is 0 Å². The Hall–Kier alpha value is -1.62. The van der Waals surface area contributed by atoms with Crippen LogP contribution < -0.4 is 10.6 Å². The van der Waals surface area contributed by atoms with Crippen LogP contribution in [0.5, 0.6) is 0 Å². The molecule has 1 aromatic rings. The van der Waals surface area contributed by atoms with Crippen molar-refractivity contribution >= 4 is 17.3 Å². The minimum Gasteiger partial charge on any atom is -0.378 e. The van der Waals surface area contributed by atoms with Gasteiger partial charge in [-0.3, -0.25) is 9.78 Å². The molecule has 1 amide bonds. The van der Waals surface area contributed by atoms with Crippen LogP contribution in [0.3, 0.4) is 0 Å². The molecule has 0 saturated carbocycles. The summed E-state index contributed by atoms with van der Waals surface area (Å²) in [7, 11) is 0. The highest BCUT2D eigenvalue weighted by Gasteiger charge is 2.45. The summed E-state index contributed by atoms with van der Waals surface area (Å²) in [6, 6.07) is 1.86. The van der Waals surface area contributed by atoms with Gasteiger partial charge in [-0.2, -0.15) is 0 Å². The molecular formula is C10H11N3O2. The fourth-order valence-electron chi connectivity index (χ4n) is 2.00. The largest absolute Gasteiger partial charge is 0.378 e. The fourth-order valence-corrected chi connectivity index (χ4v) is 2.00. The zero-order chi connectivity index (χ0) is 10.3. The van der Waals surface area contributed by atoms with Crippen LogP contribution in [0, 0.1) is 0 Å². The molecule has 0 aromatic carbocycles. The van der Waals surface area contributed by atoms with E-state index < -0.39 is 5.54 Å². The first-order chi connectivity index (χ1) is 7.30. The lowest BCUT2D eigenvalue weighted by Gasteiger charge is -2.33. The monoisotopic (exact) mass is 205 g/mol. The molecule has 3 rings (SSSR count). The molecular weight excluding hydrogens is 194 g/mol. The summed E-state index contributed by atoms with van der Waals surface area (Å²) in [4.78, 5) is 15.9. The highest BCUT2D eigenvalue weighted by molar-refractivity contribution is 6.06. The number of hydrogen-bond donors (Lipinski definition) is 2. The van der Waals surface area contributed by atoms with Gasteiger partial charge >= 0.3 is 0 Å². The molecule has 3 heterocycles. The van der Waals surface area contributed by atoms with Gasteiger partial charge in [-0.05, 0) is 6.07 Å². The van der Waals surface area contributed by atoms with Gasteiger partial charge in [0, 0.05) is 19.2 Å². The van der Waals surface area contributed by atoms with Crippen molar-refractivity contribution in [2.75, 3.05) is 23.8 Å². The Morgan fingerprint density at radius 2 is 2.40 bits per heavy atom. The third-order valence-corrected chi connectivity index (χ3v) is 2.90. The summed E-state index contributed by atoms with van der Waals surface area (Å²) >= 11 is 0. The molecule has 1 aromatic heterocycles. The Morgan fingerprint density at radius 1 is 1.47 bits per heavy atom. The number of amides is 1. The smallest absolute Gasteiger partial charge is 0.252 e. The first-order valence-electron chi connectivity index (χ1n) is 4.92. The van der Waals surface area contributed by atoms with Gasteiger partial charge in [0.15, 0.2) is 0 Å². The summed E-state index contributed by atoms with van der Waals surface area (Å²) in [6.07, 6.45) is 4.05. The molecule has 1 fully saturated rings. The maximum absolute atomic E-state index is 11.9. The number of rotatable bonds is 0. The standard InChI is InChI=1S/C10H11N3O2/c14-9-10(2-4-15-6-10)13-7-1-3-11-5-8(7)12-9/h1,3,5,13H,2,4,6H2,(H,12,14). The van der Waals surface area contributed by atoms with Crippen LogP contribution in [-0.4, -0.2) is 29.6 Å². The van der Waals surface area contributed by atoms with Gasteiger partial charge in [0.2, 0.25) is 0 Å². The molecule has 0 radical (unpaired) electrons. The van der Waals surface area contributed by atoms with E-state index in [9.17, 15) is 4.79 Å². The third kappa shape index (κ3) is 1.20. The molecule has 0 bridgehead atoms. The number of carbonyl (C=O) groups excluding carboxylic acids is 1. The Bertz CT molecular complexity index is 413. The third-order valence-electron chi connectivity index (χ3n) is 2.90. The predicted octanol–water partition coefficient (Wildman–Crippen LogP) is 0.605. The predicted molar refractivity (Wildman–Crippen MR) is 54.7 cm³/mol. The number of nitrogens with one attached hydrogen (secondary N) is 2. The van der Waals surface area contributed by atoms with Crippen LogP contribution in [0.15, 0.2) is 18.5 Å². The Morgan fingerprint density at radius 3 is 3.20 bits per heavy atom. The number of carbonyl (C=O) groups is 1. The van der Waals surface area contributed by atoms with Crippen molar-refractivity contribution in [2.45, 2.75) is 12.0 Å². The van der Waals surface area contributed by atoms with Crippen molar-refractivity contribution in [1.29, 1.82) is 0 Å². The Balaban J connectivity index is 2.02. The van der Waals surface area contributed by atoms with E-state index >= 15 is 0 Å². The number of fused-ring (bicyclic) bond motifs is 1. The molecule has 2 aliphatic rings. The van der Waals surface area contributed by atoms with Crippen LogP contribution in [0.1, 0.15) is 6.42 Å². The molecule has 0 aliphatic carbocycles. The number of hydrogen-bond acceptors (Lipinski definition) is 4. The van der Waals surface area contributed by atoms with Gasteiger partial charge in [0.1, 0.15) is 5.54 Å². The topological polar surface area (TPSA) is 63.2 Å². The lowest BCUT2D eigenvalue weighted by Crippen LogP contribution is -2.53. The highest BCUT2D eigenvalue weighted by Crippen LogP contribution is 2.34. The molecule has 5 nitrogen and oxygen atoms in total. The molecule has 1 saturated heterocycles. The van der Waals surface area contributed by atoms with E-state index in [1.54, 1.807) is 12.4 Å². The molecule has 78 valence electrons. The summed E-state index contributed by atoms with van der Waals surface area (Å²) in [5.41, 5.74) is 1.07. The molecule has 5 heteroatoms. The quantitative estimate of drug-likeness (QED) is 0.651. The van der Waals surface area contributed by atoms with Crippen molar-refractivity contribution < 1.29 is 9.53 Å². The van der Waals surface area contributed by atoms with Crippen LogP contribution >= 0.6 is 0 Å². The number of nitrogens with zero attached hydrogens (tertiary/aromatic N) is 1. The SMILES string of the molecule is O=C1Nc2cnccc2NC12CCOC2. The minimum atomic E-state index is -0.575. The van der Waals surface area contributed by atoms with Gasteiger partial charge in [-0.1, -0.05) is 0 Å². The van der Waals surface area contributed by atoms with Crippen molar-refractivity contribution in [1.82, 2.24) is 4.98 Å². The van der Waals surface area contributed by atoms with E-state index in [0.29, 0.717) is 19.6 Å². The van der Waals surface area contributed by atoms with Crippen LogP contribution in [0.4, 0.5) is 11.4 Å². The molecule has 2 N–H and O–H groups in total. The zero-order valence-electron chi connectivity index (χ0n) is 8.12. The second-order valence-electron chi connectivity index (χ2n) is 3.89. The van der Waals surface area contributed by atoms with E-state index in [-0.39, 0.29) is 5.91 Å². The maximum atomic E-state index is 11.9. The van der Waals surface area contributed by atoms with E-state index in [0.717, 1.165) is 11.4 Å². The summed E-state index contributed by atoms with van der Waals surface area (Å²) < 4.78 is 5.28. The number of aromatic nitrogens is 1. The van der Waals surface area contributed by atoms with Gasteiger partial charge in [-0.15, -0.1) is 0 Å². The molecule has 1 spiro atoms. The Labute approximate surface area is 86.8 Å². The molecule has 2 aliphatic heterocycles. The summed E-state index contributed by atoms with van der Waals surface area (Å²) in [6.45, 7) is 1.06. The second kappa shape index (κ2) is 2.93. The molecule has 1 atom stereocenters. The van der Waals surface area contributed by atoms with Crippen molar-refractivity contribution in [3.8, 4) is 0 Å². The van der Waals surface area contributed by atoms with Gasteiger partial charge < -0.3 is 15.4 Å². The van der Waals surface area contributed by atoms with E-state index in [2.05, 4.69) is 15.6 Å². The molecule has 1 unspecified atom stereocenters. The number of anilines is 2. The van der Waals surface area contributed by atoms with Crippen molar-refractivity contribution in [3.63, 3.8) is 0 Å². The number of ether oxygens (including phenoxy) is 1. The Kier molecular flexibility index (Phi) is 1.70. The van der Waals surface area contributed by atoms with Crippen LogP contribution in [-0.2, 0) is 9.53 Å². The molecule has 15 heavy (non-hydrogen) atoms. The minimum absolute atomic E-state index is 0.0273. The fraction of sp³-hybridized carbons (Fsp3) is 0.400. The lowest BCUT2D eigenvalue weighted by atomic mass is 9.94. The zero-order valence-corrected chi connectivity index (χ0v) is 8.12. The van der Waals surface area contributed by atoms with Gasteiger partial charge in [0.05, 0.1) is 24.2 Å². The average Bonchev–Trinajstić information content (AvgIpc) is 2.70. The van der Waals surface area contributed by atoms with Gasteiger partial charge in [0.25, 0.3) is 5.91 Å². The lowest BCUT2D eigenvalue weighted by molar-refractivity contribution is -0.120. The van der Waals surface area contributed by atoms with Gasteiger partial charge in [-0.25, -0.2) is 0 Å². The average molecular weight is 205 g/mol. The van der Waals surface area contributed by atoms with E-state index in [4.69, 9.17) is 4.74 Å². The normalized spacial score (nSPS) is 28.4. The van der Waals surface area contributed by atoms with E-state index in [1.807, 2.05) is 6.07 Å². The van der Waals surface area contributed by atoms with Crippen LogP contribution in [0.25, 0.3) is 0 Å². The first kappa shape index (κ1) is 8.67. The van der Waals surface area contributed by atoms with Crippen molar-refractivity contribution in [3.05, 3.63) is 18.5 Å². The highest BCUT2D eigenvalue weighted by atomic mass is 16.5. The summed E-state index contributed by atoms with van der Waals surface area (Å²) in [5, 5.41) is 6.09. The second-order valence-corrected chi connectivity index (χ2v) is 3.89. The van der Waals surface area contributed by atoms with Crippen molar-refractivity contribution in [2.24, 2.45) is 0 Å². The maximum Gasteiger partial charge on any atom is 0.252 e. The van der Waals surface area contributed by atoms with Crippen LogP contribution in [0.2, 0.25) is 0 Å². The number of pyridine rings is 1.